The summed E-state index contributed by atoms with van der Waals surface area (Å²) in [4.78, 5) is 16.5. The molecule has 2 aliphatic rings. The lowest BCUT2D eigenvalue weighted by atomic mass is 9.63. The van der Waals surface area contributed by atoms with Crippen LogP contribution in [0.25, 0.3) is 10.8 Å². The van der Waals surface area contributed by atoms with E-state index in [1.807, 2.05) is 12.4 Å². The van der Waals surface area contributed by atoms with Crippen LogP contribution in [-0.4, -0.2) is 10.8 Å². The molecule has 108 valence electrons. The summed E-state index contributed by atoms with van der Waals surface area (Å²) < 4.78 is 0. The van der Waals surface area contributed by atoms with Crippen molar-refractivity contribution >= 4 is 16.6 Å². The minimum absolute atomic E-state index is 0.172. The zero-order valence-electron chi connectivity index (χ0n) is 12.5. The molecule has 0 radical (unpaired) electrons. The Hall–Kier alpha value is -1.70. The van der Waals surface area contributed by atoms with E-state index in [4.69, 9.17) is 0 Å². The molecule has 0 aliphatic heterocycles. The number of hydrogen-bond donors (Lipinski definition) is 0. The Kier molecular flexibility index (Phi) is 2.88. The highest BCUT2D eigenvalue weighted by atomic mass is 16.1. The molecule has 2 aromatic rings. The SMILES string of the molecule is C[C@]12CCCC(=O)[C@@H]1CC[C@@H]2c1ccc2ccncc2c1. The Labute approximate surface area is 125 Å². The van der Waals surface area contributed by atoms with E-state index in [2.05, 4.69) is 36.2 Å². The summed E-state index contributed by atoms with van der Waals surface area (Å²) in [5, 5.41) is 2.46. The maximum Gasteiger partial charge on any atom is 0.136 e. The average Bonchev–Trinajstić information content (AvgIpc) is 2.85. The topological polar surface area (TPSA) is 30.0 Å². The maximum absolute atomic E-state index is 12.3. The number of ketones is 1. The number of benzene rings is 1. The molecule has 0 saturated heterocycles. The fourth-order valence-corrected chi connectivity index (χ4v) is 4.80. The number of Topliss-reactive ketones (excluding diaryl/α,β-unsaturated/α-hetero) is 1. The molecule has 21 heavy (non-hydrogen) atoms. The van der Waals surface area contributed by atoms with Crippen molar-refractivity contribution < 1.29 is 4.79 Å². The van der Waals surface area contributed by atoms with Gasteiger partial charge in [0.1, 0.15) is 5.78 Å². The Morgan fingerprint density at radius 1 is 1.14 bits per heavy atom. The molecule has 4 rings (SSSR count). The van der Waals surface area contributed by atoms with Crippen LogP contribution < -0.4 is 0 Å². The van der Waals surface area contributed by atoms with E-state index in [-0.39, 0.29) is 5.41 Å². The molecule has 2 aliphatic carbocycles. The van der Waals surface area contributed by atoms with Crippen LogP contribution in [0.2, 0.25) is 0 Å². The molecule has 0 spiro atoms. The molecule has 1 aromatic carbocycles. The third kappa shape index (κ3) is 1.92. The van der Waals surface area contributed by atoms with Gasteiger partial charge in [-0.3, -0.25) is 9.78 Å². The summed E-state index contributed by atoms with van der Waals surface area (Å²) in [6.45, 7) is 2.35. The summed E-state index contributed by atoms with van der Waals surface area (Å²) >= 11 is 0. The van der Waals surface area contributed by atoms with Crippen LogP contribution in [0.5, 0.6) is 0 Å². The lowest BCUT2D eigenvalue weighted by Crippen LogP contribution is -2.36. The van der Waals surface area contributed by atoms with E-state index in [0.717, 1.165) is 25.7 Å². The molecule has 1 aromatic heterocycles. The van der Waals surface area contributed by atoms with Crippen LogP contribution in [-0.2, 0) is 4.79 Å². The molecule has 3 atom stereocenters. The van der Waals surface area contributed by atoms with Gasteiger partial charge in [0.25, 0.3) is 0 Å². The van der Waals surface area contributed by atoms with Gasteiger partial charge in [-0.2, -0.15) is 0 Å². The lowest BCUT2D eigenvalue weighted by molar-refractivity contribution is -0.128. The first-order valence-electron chi connectivity index (χ1n) is 8.05. The Balaban J connectivity index is 1.76. The minimum Gasteiger partial charge on any atom is -0.299 e. The summed E-state index contributed by atoms with van der Waals surface area (Å²) in [5.41, 5.74) is 1.57. The molecule has 2 heteroatoms. The summed E-state index contributed by atoms with van der Waals surface area (Å²) in [7, 11) is 0. The summed E-state index contributed by atoms with van der Waals surface area (Å²) in [6.07, 6.45) is 9.07. The highest BCUT2D eigenvalue weighted by Gasteiger charge is 2.51. The second kappa shape index (κ2) is 4.66. The van der Waals surface area contributed by atoms with Crippen molar-refractivity contribution in [3.8, 4) is 0 Å². The molecule has 0 bridgehead atoms. The fraction of sp³-hybridized carbons (Fsp3) is 0.474. The van der Waals surface area contributed by atoms with Gasteiger partial charge in [-0.25, -0.2) is 0 Å². The van der Waals surface area contributed by atoms with Gasteiger partial charge in [0.2, 0.25) is 0 Å². The fourth-order valence-electron chi connectivity index (χ4n) is 4.80. The lowest BCUT2D eigenvalue weighted by Gasteiger charge is -2.40. The van der Waals surface area contributed by atoms with Crippen molar-refractivity contribution in [1.82, 2.24) is 4.98 Å². The van der Waals surface area contributed by atoms with Crippen LogP contribution in [0.4, 0.5) is 0 Å². The van der Waals surface area contributed by atoms with Crippen molar-refractivity contribution in [3.05, 3.63) is 42.2 Å². The van der Waals surface area contributed by atoms with Crippen molar-refractivity contribution in [2.24, 2.45) is 11.3 Å². The average molecular weight is 279 g/mol. The normalized spacial score (nSPS) is 32.3. The third-order valence-corrected chi connectivity index (χ3v) is 5.93. The van der Waals surface area contributed by atoms with E-state index in [0.29, 0.717) is 17.6 Å². The number of rotatable bonds is 1. The van der Waals surface area contributed by atoms with Crippen molar-refractivity contribution in [3.63, 3.8) is 0 Å². The predicted molar refractivity (Wildman–Crippen MR) is 84.2 cm³/mol. The molecule has 0 N–H and O–H groups in total. The molecular formula is C19H21NO. The zero-order chi connectivity index (χ0) is 14.4. The molecule has 2 fully saturated rings. The summed E-state index contributed by atoms with van der Waals surface area (Å²) in [5.74, 6) is 1.32. The van der Waals surface area contributed by atoms with Gasteiger partial charge in [0, 0.05) is 30.1 Å². The van der Waals surface area contributed by atoms with Crippen LogP contribution in [0.3, 0.4) is 0 Å². The number of carbonyl (C=O) groups excluding carboxylic acids is 1. The van der Waals surface area contributed by atoms with Crippen molar-refractivity contribution in [1.29, 1.82) is 0 Å². The molecular weight excluding hydrogens is 258 g/mol. The first kappa shape index (κ1) is 13.0. The number of carbonyl (C=O) groups is 1. The predicted octanol–water partition coefficient (Wildman–Crippen LogP) is 4.49. The van der Waals surface area contributed by atoms with Gasteiger partial charge in [0.05, 0.1) is 0 Å². The first-order valence-corrected chi connectivity index (χ1v) is 8.05. The molecule has 0 amide bonds. The molecule has 2 saturated carbocycles. The smallest absolute Gasteiger partial charge is 0.136 e. The number of aromatic nitrogens is 1. The van der Waals surface area contributed by atoms with E-state index in [1.54, 1.807) is 0 Å². The first-order chi connectivity index (χ1) is 10.2. The largest absolute Gasteiger partial charge is 0.299 e. The zero-order valence-corrected chi connectivity index (χ0v) is 12.5. The van der Waals surface area contributed by atoms with Gasteiger partial charge in [-0.15, -0.1) is 0 Å². The Morgan fingerprint density at radius 3 is 2.90 bits per heavy atom. The number of fused-ring (bicyclic) bond motifs is 2. The quantitative estimate of drug-likeness (QED) is 0.770. The second-order valence-corrected chi connectivity index (χ2v) is 6.99. The van der Waals surface area contributed by atoms with Crippen LogP contribution >= 0.6 is 0 Å². The second-order valence-electron chi connectivity index (χ2n) is 6.99. The van der Waals surface area contributed by atoms with Crippen LogP contribution in [0.1, 0.15) is 50.5 Å². The van der Waals surface area contributed by atoms with Gasteiger partial charge in [-0.05, 0) is 60.1 Å². The monoisotopic (exact) mass is 279 g/mol. The number of nitrogens with zero attached hydrogens (tertiary/aromatic N) is 1. The van der Waals surface area contributed by atoms with Crippen LogP contribution in [0.15, 0.2) is 36.7 Å². The highest BCUT2D eigenvalue weighted by molar-refractivity contribution is 5.84. The van der Waals surface area contributed by atoms with Crippen molar-refractivity contribution in [2.75, 3.05) is 0 Å². The van der Waals surface area contributed by atoms with Gasteiger partial charge < -0.3 is 0 Å². The number of pyridine rings is 1. The maximum atomic E-state index is 12.3. The van der Waals surface area contributed by atoms with Crippen LogP contribution in [0, 0.1) is 11.3 Å². The van der Waals surface area contributed by atoms with Gasteiger partial charge in [0.15, 0.2) is 0 Å². The van der Waals surface area contributed by atoms with E-state index >= 15 is 0 Å². The third-order valence-electron chi connectivity index (χ3n) is 5.93. The molecule has 0 unspecified atom stereocenters. The van der Waals surface area contributed by atoms with E-state index in [1.165, 1.54) is 22.8 Å². The Morgan fingerprint density at radius 2 is 2.00 bits per heavy atom. The minimum atomic E-state index is 0.172. The van der Waals surface area contributed by atoms with Crippen molar-refractivity contribution in [2.45, 2.75) is 44.9 Å². The number of hydrogen-bond acceptors (Lipinski definition) is 2. The summed E-state index contributed by atoms with van der Waals surface area (Å²) in [6, 6.07) is 8.81. The molecule has 2 nitrogen and oxygen atoms in total. The highest BCUT2D eigenvalue weighted by Crippen LogP contribution is 2.58. The standard InChI is InChI=1S/C19H21NO/c1-19-9-2-3-18(21)17(19)7-6-16(19)14-5-4-13-8-10-20-12-15(13)11-14/h4-5,8,10-12,16-17H,2-3,6-7,9H2,1H3/t16-,17+,19-/m1/s1. The van der Waals surface area contributed by atoms with Gasteiger partial charge in [-0.1, -0.05) is 19.1 Å². The van der Waals surface area contributed by atoms with Gasteiger partial charge >= 0.3 is 0 Å². The van der Waals surface area contributed by atoms with E-state index in [9.17, 15) is 4.79 Å². The Bertz CT molecular complexity index is 708. The van der Waals surface area contributed by atoms with E-state index < -0.39 is 0 Å². The molecule has 1 heterocycles.